The van der Waals surface area contributed by atoms with Gasteiger partial charge in [0.15, 0.2) is 0 Å². The van der Waals surface area contributed by atoms with Crippen LogP contribution < -0.4 is 10.1 Å². The molecule has 16 heavy (non-hydrogen) atoms. The van der Waals surface area contributed by atoms with Crippen molar-refractivity contribution in [1.29, 1.82) is 0 Å². The minimum absolute atomic E-state index is 0.769. The Balaban J connectivity index is 1.90. The smallest absolute Gasteiger partial charge is 0.213 e. The molecule has 0 amide bonds. The van der Waals surface area contributed by atoms with Gasteiger partial charge in [-0.05, 0) is 37.9 Å². The van der Waals surface area contributed by atoms with Crippen molar-refractivity contribution < 1.29 is 4.74 Å². The number of nitrogens with zero attached hydrogens (tertiary/aromatic N) is 1. The summed E-state index contributed by atoms with van der Waals surface area (Å²) in [5.41, 5.74) is 2.26. The van der Waals surface area contributed by atoms with Gasteiger partial charge in [0.1, 0.15) is 0 Å². The Morgan fingerprint density at radius 2 is 2.25 bits per heavy atom. The van der Waals surface area contributed by atoms with Gasteiger partial charge in [0.25, 0.3) is 0 Å². The molecule has 0 atom stereocenters. The molecule has 0 spiro atoms. The van der Waals surface area contributed by atoms with Gasteiger partial charge in [0, 0.05) is 18.3 Å². The lowest BCUT2D eigenvalue weighted by Crippen LogP contribution is -2.07. The first-order chi connectivity index (χ1) is 7.78. The van der Waals surface area contributed by atoms with Crippen molar-refractivity contribution in [2.75, 3.05) is 13.7 Å². The predicted octanol–water partition coefficient (Wildman–Crippen LogP) is 2.29. The number of nitrogens with one attached hydrogen (secondary N) is 1. The molecule has 0 aromatic carbocycles. The number of ether oxygens (including phenoxy) is 1. The van der Waals surface area contributed by atoms with E-state index in [9.17, 15) is 0 Å². The van der Waals surface area contributed by atoms with Gasteiger partial charge >= 0.3 is 0 Å². The predicted molar refractivity (Wildman–Crippen MR) is 64.6 cm³/mol. The van der Waals surface area contributed by atoms with Gasteiger partial charge in [-0.1, -0.05) is 12.8 Å². The number of aromatic nitrogens is 1. The van der Waals surface area contributed by atoms with E-state index in [4.69, 9.17) is 4.74 Å². The topological polar surface area (TPSA) is 34.2 Å². The fraction of sp³-hybridized carbons (Fsp3) is 0.615. The van der Waals surface area contributed by atoms with Crippen LogP contribution in [-0.4, -0.2) is 18.6 Å². The van der Waals surface area contributed by atoms with E-state index < -0.39 is 0 Å². The lowest BCUT2D eigenvalue weighted by atomic mass is 10.2. The summed E-state index contributed by atoms with van der Waals surface area (Å²) in [6, 6.07) is 4.11. The maximum absolute atomic E-state index is 5.69. The summed E-state index contributed by atoms with van der Waals surface area (Å²) in [5.74, 6) is 1.69. The lowest BCUT2D eigenvalue weighted by molar-refractivity contribution is 0.290. The standard InChI is InChI=1S/C13H20N2O/c1-10-7-12(9-14-2)8-13(15-10)16-6-5-11-3-4-11/h7-8,11,14H,3-6,9H2,1-2H3. The SMILES string of the molecule is CNCc1cc(C)nc(OCCC2CC2)c1. The zero-order valence-corrected chi connectivity index (χ0v) is 10.1. The van der Waals surface area contributed by atoms with Crippen molar-refractivity contribution in [3.8, 4) is 5.88 Å². The Hall–Kier alpha value is -1.09. The quantitative estimate of drug-likeness (QED) is 0.798. The molecule has 0 bridgehead atoms. The highest BCUT2D eigenvalue weighted by molar-refractivity contribution is 5.24. The van der Waals surface area contributed by atoms with Crippen LogP contribution in [0.3, 0.4) is 0 Å². The maximum Gasteiger partial charge on any atom is 0.213 e. The first-order valence-corrected chi connectivity index (χ1v) is 6.03. The second-order valence-corrected chi connectivity index (χ2v) is 4.57. The normalized spacial score (nSPS) is 15.1. The summed E-state index contributed by atoms with van der Waals surface area (Å²) >= 11 is 0. The summed E-state index contributed by atoms with van der Waals surface area (Å²) in [4.78, 5) is 4.38. The molecular formula is C13H20N2O. The van der Waals surface area contributed by atoms with E-state index in [-0.39, 0.29) is 0 Å². The number of pyridine rings is 1. The monoisotopic (exact) mass is 220 g/mol. The highest BCUT2D eigenvalue weighted by Gasteiger charge is 2.20. The summed E-state index contributed by atoms with van der Waals surface area (Å²) in [5, 5.41) is 3.14. The molecule has 1 aromatic rings. The van der Waals surface area contributed by atoms with Crippen molar-refractivity contribution in [2.45, 2.75) is 32.7 Å². The second kappa shape index (κ2) is 5.30. The minimum atomic E-state index is 0.769. The Kier molecular flexibility index (Phi) is 3.78. The van der Waals surface area contributed by atoms with Crippen LogP contribution in [0.2, 0.25) is 0 Å². The molecule has 0 saturated heterocycles. The van der Waals surface area contributed by atoms with E-state index in [1.807, 2.05) is 20.0 Å². The minimum Gasteiger partial charge on any atom is -0.478 e. The van der Waals surface area contributed by atoms with Gasteiger partial charge in [-0.25, -0.2) is 4.98 Å². The molecule has 1 aromatic heterocycles. The molecule has 2 rings (SSSR count). The lowest BCUT2D eigenvalue weighted by Gasteiger charge is -2.08. The fourth-order valence-corrected chi connectivity index (χ4v) is 1.82. The van der Waals surface area contributed by atoms with E-state index in [1.54, 1.807) is 0 Å². The Bertz CT molecular complexity index is 348. The van der Waals surface area contributed by atoms with E-state index >= 15 is 0 Å². The number of hydrogen-bond acceptors (Lipinski definition) is 3. The third kappa shape index (κ3) is 3.49. The summed E-state index contributed by atoms with van der Waals surface area (Å²) in [7, 11) is 1.95. The third-order valence-corrected chi connectivity index (χ3v) is 2.84. The van der Waals surface area contributed by atoms with Crippen molar-refractivity contribution in [3.05, 3.63) is 23.4 Å². The molecule has 88 valence electrons. The third-order valence-electron chi connectivity index (χ3n) is 2.84. The van der Waals surface area contributed by atoms with Crippen LogP contribution >= 0.6 is 0 Å². The molecule has 1 saturated carbocycles. The zero-order valence-electron chi connectivity index (χ0n) is 10.1. The average molecular weight is 220 g/mol. The van der Waals surface area contributed by atoms with Crippen LogP contribution in [0.25, 0.3) is 0 Å². The zero-order chi connectivity index (χ0) is 11.4. The van der Waals surface area contributed by atoms with Gasteiger partial charge in [-0.2, -0.15) is 0 Å². The van der Waals surface area contributed by atoms with Crippen molar-refractivity contribution in [3.63, 3.8) is 0 Å². The van der Waals surface area contributed by atoms with Crippen LogP contribution in [0.5, 0.6) is 5.88 Å². The molecule has 1 aliphatic rings. The highest BCUT2D eigenvalue weighted by atomic mass is 16.5. The van der Waals surface area contributed by atoms with Gasteiger partial charge in [0.2, 0.25) is 5.88 Å². The molecule has 3 nitrogen and oxygen atoms in total. The summed E-state index contributed by atoms with van der Waals surface area (Å²) in [6.45, 7) is 3.68. The molecule has 0 aliphatic heterocycles. The van der Waals surface area contributed by atoms with Gasteiger partial charge in [-0.15, -0.1) is 0 Å². The van der Waals surface area contributed by atoms with Gasteiger partial charge in [-0.3, -0.25) is 0 Å². The van der Waals surface area contributed by atoms with Crippen LogP contribution in [0.1, 0.15) is 30.5 Å². The number of rotatable bonds is 6. The van der Waals surface area contributed by atoms with E-state index in [0.29, 0.717) is 0 Å². The van der Waals surface area contributed by atoms with Crippen molar-refractivity contribution in [1.82, 2.24) is 10.3 Å². The number of hydrogen-bond donors (Lipinski definition) is 1. The van der Waals surface area contributed by atoms with E-state index in [0.717, 1.165) is 30.6 Å². The Morgan fingerprint density at radius 1 is 1.44 bits per heavy atom. The van der Waals surface area contributed by atoms with Gasteiger partial charge < -0.3 is 10.1 Å². The molecular weight excluding hydrogens is 200 g/mol. The summed E-state index contributed by atoms with van der Waals surface area (Å²) in [6.07, 6.45) is 3.95. The first-order valence-electron chi connectivity index (χ1n) is 6.03. The first kappa shape index (κ1) is 11.4. The van der Waals surface area contributed by atoms with Crippen LogP contribution in [0.4, 0.5) is 0 Å². The Morgan fingerprint density at radius 3 is 2.94 bits per heavy atom. The maximum atomic E-state index is 5.69. The molecule has 3 heteroatoms. The Labute approximate surface area is 97.2 Å². The van der Waals surface area contributed by atoms with Crippen LogP contribution in [0.15, 0.2) is 12.1 Å². The number of aryl methyl sites for hydroxylation is 1. The average Bonchev–Trinajstić information content (AvgIpc) is 3.01. The second-order valence-electron chi connectivity index (χ2n) is 4.57. The van der Waals surface area contributed by atoms with Gasteiger partial charge in [0.05, 0.1) is 6.61 Å². The molecule has 1 heterocycles. The van der Waals surface area contributed by atoms with Crippen molar-refractivity contribution >= 4 is 0 Å². The molecule has 0 unspecified atom stereocenters. The molecule has 1 fully saturated rings. The van der Waals surface area contributed by atoms with Crippen LogP contribution in [0, 0.1) is 12.8 Å². The largest absolute Gasteiger partial charge is 0.478 e. The van der Waals surface area contributed by atoms with E-state index in [1.165, 1.54) is 24.8 Å². The summed E-state index contributed by atoms with van der Waals surface area (Å²) < 4.78 is 5.69. The molecule has 1 aliphatic carbocycles. The molecule has 1 N–H and O–H groups in total. The van der Waals surface area contributed by atoms with E-state index in [2.05, 4.69) is 16.4 Å². The molecule has 0 radical (unpaired) electrons. The van der Waals surface area contributed by atoms with Crippen LogP contribution in [-0.2, 0) is 6.54 Å². The van der Waals surface area contributed by atoms with Crippen molar-refractivity contribution in [2.24, 2.45) is 5.92 Å². The highest BCUT2D eigenvalue weighted by Crippen LogP contribution is 2.32. The fourth-order valence-electron chi connectivity index (χ4n) is 1.82.